The maximum atomic E-state index is 12.4. The Balaban J connectivity index is 1.47. The minimum atomic E-state index is -0.374. The van der Waals surface area contributed by atoms with Crippen molar-refractivity contribution in [3.63, 3.8) is 0 Å². The van der Waals surface area contributed by atoms with Gasteiger partial charge < -0.3 is 9.32 Å². The lowest BCUT2D eigenvalue weighted by atomic mass is 10.1. The van der Waals surface area contributed by atoms with Crippen LogP contribution in [0.3, 0.4) is 0 Å². The molecule has 0 unspecified atom stereocenters. The van der Waals surface area contributed by atoms with E-state index in [0.717, 1.165) is 34.8 Å². The molecule has 0 atom stereocenters. The molecule has 4 aromatic rings. The van der Waals surface area contributed by atoms with Crippen LogP contribution in [0.25, 0.3) is 21.7 Å². The van der Waals surface area contributed by atoms with Crippen LogP contribution in [0.4, 0.5) is 5.69 Å². The van der Waals surface area contributed by atoms with Gasteiger partial charge in [-0.3, -0.25) is 4.79 Å². The number of carbonyl (C=O) groups excluding carboxylic acids is 1. The normalized spacial score (nSPS) is 11.4. The van der Waals surface area contributed by atoms with Gasteiger partial charge >= 0.3 is 5.91 Å². The Hall–Kier alpha value is -3.60. The topological polar surface area (TPSA) is 57.8 Å². The molecule has 5 heteroatoms. The molecule has 146 valence electrons. The second-order valence-corrected chi connectivity index (χ2v) is 6.77. The van der Waals surface area contributed by atoms with Gasteiger partial charge in [-0.1, -0.05) is 42.5 Å². The number of nitrogens with one attached hydrogen (secondary N) is 1. The lowest BCUT2D eigenvalue weighted by Gasteiger charge is -2.20. The van der Waals surface area contributed by atoms with Crippen LogP contribution < -0.4 is 10.3 Å². The van der Waals surface area contributed by atoms with E-state index in [1.54, 1.807) is 12.3 Å². The number of amides is 1. The second-order valence-electron chi connectivity index (χ2n) is 6.77. The van der Waals surface area contributed by atoms with Gasteiger partial charge in [0.25, 0.3) is 0 Å². The van der Waals surface area contributed by atoms with Gasteiger partial charge in [-0.05, 0) is 54.4 Å². The zero-order chi connectivity index (χ0) is 20.2. The van der Waals surface area contributed by atoms with E-state index in [2.05, 4.69) is 41.4 Å². The fraction of sp³-hybridized carbons (Fsp3) is 0.167. The van der Waals surface area contributed by atoms with Gasteiger partial charge in [-0.15, -0.1) is 0 Å². The van der Waals surface area contributed by atoms with Crippen molar-refractivity contribution in [3.05, 3.63) is 78.1 Å². The van der Waals surface area contributed by atoms with E-state index in [-0.39, 0.29) is 11.7 Å². The summed E-state index contributed by atoms with van der Waals surface area (Å²) in [6.07, 6.45) is 1.63. The van der Waals surface area contributed by atoms with Crippen LogP contribution in [-0.2, 0) is 0 Å². The summed E-state index contributed by atoms with van der Waals surface area (Å²) in [5.41, 5.74) is 5.31. The molecule has 0 aliphatic rings. The van der Waals surface area contributed by atoms with Crippen molar-refractivity contribution in [3.8, 4) is 0 Å². The van der Waals surface area contributed by atoms with Crippen molar-refractivity contribution < 1.29 is 9.21 Å². The zero-order valence-electron chi connectivity index (χ0n) is 16.6. The van der Waals surface area contributed by atoms with Gasteiger partial charge in [0.05, 0.1) is 6.21 Å². The van der Waals surface area contributed by atoms with E-state index in [1.807, 2.05) is 48.5 Å². The highest BCUT2D eigenvalue weighted by molar-refractivity contribution is 6.08. The number of furan rings is 1. The highest BCUT2D eigenvalue weighted by Crippen LogP contribution is 2.28. The highest BCUT2D eigenvalue weighted by atomic mass is 16.3. The zero-order valence-corrected chi connectivity index (χ0v) is 16.6. The van der Waals surface area contributed by atoms with Crippen LogP contribution in [-0.4, -0.2) is 25.2 Å². The highest BCUT2D eigenvalue weighted by Gasteiger charge is 2.13. The molecule has 1 aromatic heterocycles. The summed E-state index contributed by atoms with van der Waals surface area (Å²) in [6.45, 7) is 6.20. The van der Waals surface area contributed by atoms with Crippen LogP contribution in [0.15, 0.2) is 76.2 Å². The van der Waals surface area contributed by atoms with Crippen molar-refractivity contribution in [2.24, 2.45) is 5.10 Å². The maximum Gasteiger partial charge on any atom is 0.307 e. The van der Waals surface area contributed by atoms with E-state index >= 15 is 0 Å². The summed E-state index contributed by atoms with van der Waals surface area (Å²) in [5, 5.41) is 7.16. The molecule has 0 fully saturated rings. The molecule has 0 spiro atoms. The molecular weight excluding hydrogens is 362 g/mol. The summed E-state index contributed by atoms with van der Waals surface area (Å²) in [4.78, 5) is 14.7. The molecule has 29 heavy (non-hydrogen) atoms. The average molecular weight is 385 g/mol. The Bertz CT molecular complexity index is 1170. The number of hydrogen-bond donors (Lipinski definition) is 1. The third kappa shape index (κ3) is 3.85. The molecule has 0 saturated carbocycles. The first-order valence-electron chi connectivity index (χ1n) is 9.79. The Morgan fingerprint density at radius 3 is 2.52 bits per heavy atom. The number of anilines is 1. The number of carbonyl (C=O) groups is 1. The minimum Gasteiger partial charge on any atom is -0.451 e. The molecule has 1 amide bonds. The summed E-state index contributed by atoms with van der Waals surface area (Å²) in [6, 6.07) is 21.7. The molecule has 1 heterocycles. The van der Waals surface area contributed by atoms with Gasteiger partial charge in [0.15, 0.2) is 5.76 Å². The number of rotatable bonds is 6. The third-order valence-corrected chi connectivity index (χ3v) is 5.05. The van der Waals surface area contributed by atoms with Gasteiger partial charge in [0.2, 0.25) is 0 Å². The third-order valence-electron chi connectivity index (χ3n) is 5.05. The molecule has 0 radical (unpaired) electrons. The number of hydrogen-bond acceptors (Lipinski definition) is 4. The second kappa shape index (κ2) is 8.19. The predicted molar refractivity (Wildman–Crippen MR) is 119 cm³/mol. The van der Waals surface area contributed by atoms with E-state index < -0.39 is 0 Å². The lowest BCUT2D eigenvalue weighted by Crippen LogP contribution is -2.21. The average Bonchev–Trinajstić information content (AvgIpc) is 3.21. The van der Waals surface area contributed by atoms with Crippen LogP contribution in [0.2, 0.25) is 0 Å². The summed E-state index contributed by atoms with van der Waals surface area (Å²) < 4.78 is 5.72. The van der Waals surface area contributed by atoms with Crippen molar-refractivity contribution in [2.45, 2.75) is 13.8 Å². The van der Waals surface area contributed by atoms with Crippen molar-refractivity contribution in [2.75, 3.05) is 18.0 Å². The van der Waals surface area contributed by atoms with Crippen LogP contribution in [0.5, 0.6) is 0 Å². The molecule has 0 bridgehead atoms. The number of hydrazone groups is 1. The van der Waals surface area contributed by atoms with E-state index in [1.165, 1.54) is 5.69 Å². The van der Waals surface area contributed by atoms with Crippen LogP contribution >= 0.6 is 0 Å². The molecule has 3 aromatic carbocycles. The number of fused-ring (bicyclic) bond motifs is 3. The fourth-order valence-corrected chi connectivity index (χ4v) is 3.48. The molecule has 0 saturated heterocycles. The standard InChI is InChI=1S/C24H23N3O2/c1-3-27(4-2)19-12-9-17(10-13-19)16-25-26-24(28)23-15-21-20-8-6-5-7-18(20)11-14-22(21)29-23/h5-16H,3-4H2,1-2H3,(H,26,28). The van der Waals surface area contributed by atoms with Crippen molar-refractivity contribution >= 4 is 39.6 Å². The SMILES string of the molecule is CCN(CC)c1ccc(C=NNC(=O)c2cc3c(ccc4ccccc43)o2)cc1. The Kier molecular flexibility index (Phi) is 5.29. The first-order chi connectivity index (χ1) is 14.2. The molecule has 0 aliphatic heterocycles. The van der Waals surface area contributed by atoms with Crippen molar-refractivity contribution in [1.82, 2.24) is 5.43 Å². The molecule has 5 nitrogen and oxygen atoms in total. The van der Waals surface area contributed by atoms with E-state index in [9.17, 15) is 4.79 Å². The first kappa shape index (κ1) is 18.7. The Morgan fingerprint density at radius 2 is 1.76 bits per heavy atom. The van der Waals surface area contributed by atoms with Gasteiger partial charge in [-0.25, -0.2) is 5.43 Å². The van der Waals surface area contributed by atoms with Crippen molar-refractivity contribution in [1.29, 1.82) is 0 Å². The van der Waals surface area contributed by atoms with Crippen LogP contribution in [0.1, 0.15) is 30.0 Å². The Labute approximate surface area is 169 Å². The largest absolute Gasteiger partial charge is 0.451 e. The molecule has 1 N–H and O–H groups in total. The summed E-state index contributed by atoms with van der Waals surface area (Å²) >= 11 is 0. The summed E-state index contributed by atoms with van der Waals surface area (Å²) in [5.74, 6) is -0.133. The fourth-order valence-electron chi connectivity index (χ4n) is 3.48. The Morgan fingerprint density at radius 1 is 1.00 bits per heavy atom. The quantitative estimate of drug-likeness (QED) is 0.367. The van der Waals surface area contributed by atoms with E-state index in [0.29, 0.717) is 5.58 Å². The number of nitrogens with zero attached hydrogens (tertiary/aromatic N) is 2. The maximum absolute atomic E-state index is 12.4. The minimum absolute atomic E-state index is 0.241. The molecule has 0 aliphatic carbocycles. The number of benzene rings is 3. The lowest BCUT2D eigenvalue weighted by molar-refractivity contribution is 0.0929. The predicted octanol–water partition coefficient (Wildman–Crippen LogP) is 5.20. The monoisotopic (exact) mass is 385 g/mol. The summed E-state index contributed by atoms with van der Waals surface area (Å²) in [7, 11) is 0. The van der Waals surface area contributed by atoms with Gasteiger partial charge in [-0.2, -0.15) is 5.10 Å². The van der Waals surface area contributed by atoms with Gasteiger partial charge in [0.1, 0.15) is 5.58 Å². The van der Waals surface area contributed by atoms with Gasteiger partial charge in [0, 0.05) is 24.2 Å². The van der Waals surface area contributed by atoms with E-state index in [4.69, 9.17) is 4.42 Å². The van der Waals surface area contributed by atoms with Crippen LogP contribution in [0, 0.1) is 0 Å². The smallest absolute Gasteiger partial charge is 0.307 e. The molecule has 4 rings (SSSR count). The first-order valence-corrected chi connectivity index (χ1v) is 9.79. The molecular formula is C24H23N3O2.